The maximum absolute atomic E-state index is 7.56. The van der Waals surface area contributed by atoms with E-state index in [-0.39, 0.29) is 0 Å². The fraction of sp³-hybridized carbons (Fsp3) is 1.00. The number of hydrogen-bond donors (Lipinski definition) is 6. The summed E-state index contributed by atoms with van der Waals surface area (Å²) in [6.07, 6.45) is 18.1. The van der Waals surface area contributed by atoms with Crippen LogP contribution in [-0.4, -0.2) is 54.0 Å². The van der Waals surface area contributed by atoms with Crippen molar-refractivity contribution >= 4 is 44.3 Å². The van der Waals surface area contributed by atoms with Crippen molar-refractivity contribution in [2.24, 2.45) is 0 Å². The summed E-state index contributed by atoms with van der Waals surface area (Å²) in [5.74, 6) is 0. The van der Waals surface area contributed by atoms with E-state index in [0.717, 1.165) is 0 Å². The second-order valence-corrected chi connectivity index (χ2v) is 16.9. The average molecular weight is 549 g/mol. The Morgan fingerprint density at radius 3 is 0.710 bits per heavy atom. The van der Waals surface area contributed by atoms with Gasteiger partial charge in [0, 0.05) is 0 Å². The van der Waals surface area contributed by atoms with E-state index in [0.29, 0.717) is 0 Å². The molecule has 31 heavy (non-hydrogen) atoms. The number of hydrogen-bond acceptors (Lipinski definition) is 2. The normalized spacial score (nSPS) is 11.3. The molecule has 0 heterocycles. The van der Waals surface area contributed by atoms with Gasteiger partial charge < -0.3 is 29.4 Å². The zero-order chi connectivity index (χ0) is 26.0. The van der Waals surface area contributed by atoms with Crippen LogP contribution in [0.25, 0.3) is 0 Å². The number of rotatable bonds is 12. The maximum atomic E-state index is 7.56. The Kier molecular flexibility index (Phi) is 40.6. The molecule has 0 amide bonds. The van der Waals surface area contributed by atoms with E-state index in [1.165, 1.54) is 51.4 Å². The molecule has 198 valence electrons. The van der Waals surface area contributed by atoms with Gasteiger partial charge in [-0.25, -0.2) is 0 Å². The molecule has 0 atom stereocenters. The third-order valence-electron chi connectivity index (χ3n) is 4.24. The molecule has 11 heteroatoms. The molecule has 0 bridgehead atoms. The minimum Gasteiger partial charge on any atom is -0.325 e. The first-order chi connectivity index (χ1) is 14.2. The first kappa shape index (κ1) is 42.6. The topological polar surface area (TPSA) is 121 Å². The molecular formula is C20H55O6P3S2. The van der Waals surface area contributed by atoms with Crippen LogP contribution < -0.4 is 0 Å². The Morgan fingerprint density at radius 1 is 0.484 bits per heavy atom. The van der Waals surface area contributed by atoms with Crippen LogP contribution in [0.5, 0.6) is 0 Å². The molecule has 6 N–H and O–H groups in total. The van der Waals surface area contributed by atoms with Crippen molar-refractivity contribution in [3.63, 3.8) is 0 Å². The molecular weight excluding hydrogens is 493 g/mol. The molecule has 0 saturated carbocycles. The smallest absolute Gasteiger partial charge is 0.319 e. The number of unbranched alkanes of at least 4 members (excludes halogenated alkanes) is 4. The van der Waals surface area contributed by atoms with Crippen molar-refractivity contribution < 1.29 is 29.4 Å². The first-order valence-electron chi connectivity index (χ1n) is 11.8. The molecule has 0 saturated heterocycles. The summed E-state index contributed by atoms with van der Waals surface area (Å²) in [4.78, 5) is 45.3. The molecule has 0 aromatic carbocycles. The predicted octanol–water partition coefficient (Wildman–Crippen LogP) is 6.36. The molecule has 0 rings (SSSR count). The standard InChI is InChI=1S/C16H37P.2C2H6.2H3O3PS/c1-5-9-13-17(14-10-6-2,15-11-7-3)16-12-8-4;2*1-2;2*1-4(2,3)5/h17H,5-16H2,1-4H3;2*1-2H3;2*(H3,1,2,3,5). The summed E-state index contributed by atoms with van der Waals surface area (Å²) in [6, 6.07) is 0. The SMILES string of the molecule is CC.CC.CCCC[PH](CCCC)(CCCC)CCCC.OP(O)(O)=S.OP(O)(O)=S. The van der Waals surface area contributed by atoms with Crippen LogP contribution in [0.1, 0.15) is 107 Å². The summed E-state index contributed by atoms with van der Waals surface area (Å²) in [6.45, 7) is 9.83. The minimum atomic E-state index is -3.81. The zero-order valence-corrected chi connectivity index (χ0v) is 25.8. The Hall–Kier alpha value is 1.49. The largest absolute Gasteiger partial charge is 0.325 e. The fourth-order valence-corrected chi connectivity index (χ4v) is 8.87. The molecule has 0 aliphatic carbocycles. The van der Waals surface area contributed by atoms with Gasteiger partial charge in [0.1, 0.15) is 0 Å². The fourth-order valence-electron chi connectivity index (χ4n) is 2.96. The Bertz CT molecular complexity index is 344. The second-order valence-electron chi connectivity index (χ2n) is 6.94. The van der Waals surface area contributed by atoms with Crippen LogP contribution in [0.4, 0.5) is 0 Å². The predicted molar refractivity (Wildman–Crippen MR) is 152 cm³/mol. The van der Waals surface area contributed by atoms with Crippen molar-refractivity contribution in [2.75, 3.05) is 24.6 Å². The second kappa shape index (κ2) is 29.5. The molecule has 0 unspecified atom stereocenters. The maximum Gasteiger partial charge on any atom is 0.319 e. The van der Waals surface area contributed by atoms with E-state index >= 15 is 0 Å². The van der Waals surface area contributed by atoms with Crippen LogP contribution in [0.15, 0.2) is 0 Å². The summed E-state index contributed by atoms with van der Waals surface area (Å²) in [7, 11) is -0.879. The summed E-state index contributed by atoms with van der Waals surface area (Å²) < 4.78 is 0. The molecule has 0 aliphatic rings. The molecule has 0 spiro atoms. The first-order valence-corrected chi connectivity index (χ1v) is 20.0. The van der Waals surface area contributed by atoms with E-state index in [9.17, 15) is 0 Å². The van der Waals surface area contributed by atoms with Crippen molar-refractivity contribution in [1.82, 2.24) is 0 Å². The Balaban J connectivity index is -0.000000132. The van der Waals surface area contributed by atoms with Gasteiger partial charge in [-0.3, -0.25) is 0 Å². The van der Waals surface area contributed by atoms with E-state index in [2.05, 4.69) is 51.3 Å². The van der Waals surface area contributed by atoms with Crippen LogP contribution >= 0.6 is 20.7 Å². The molecule has 0 aromatic rings. The summed E-state index contributed by atoms with van der Waals surface area (Å²) in [5, 5.41) is 0. The van der Waals surface area contributed by atoms with Gasteiger partial charge in [-0.05, 0) is 23.6 Å². The quantitative estimate of drug-likeness (QED) is 0.156. The third kappa shape index (κ3) is 59.3. The van der Waals surface area contributed by atoms with E-state index in [4.69, 9.17) is 29.4 Å². The van der Waals surface area contributed by atoms with Crippen molar-refractivity contribution in [2.45, 2.75) is 107 Å². The molecule has 0 radical (unpaired) electrons. The van der Waals surface area contributed by atoms with Crippen LogP contribution in [0.3, 0.4) is 0 Å². The monoisotopic (exact) mass is 548 g/mol. The van der Waals surface area contributed by atoms with E-state index in [1.54, 1.807) is 24.6 Å². The van der Waals surface area contributed by atoms with Gasteiger partial charge in [0.15, 0.2) is 0 Å². The van der Waals surface area contributed by atoms with Crippen LogP contribution in [0, 0.1) is 0 Å². The molecule has 0 aliphatic heterocycles. The van der Waals surface area contributed by atoms with Crippen LogP contribution in [-0.2, 0) is 23.6 Å². The van der Waals surface area contributed by atoms with Gasteiger partial charge in [0.05, 0.1) is 0 Å². The van der Waals surface area contributed by atoms with Crippen molar-refractivity contribution in [3.05, 3.63) is 0 Å². The summed E-state index contributed by atoms with van der Waals surface area (Å²) in [5.41, 5.74) is 0. The minimum absolute atomic E-state index is 0.879. The van der Waals surface area contributed by atoms with Gasteiger partial charge in [-0.2, -0.15) is 0 Å². The van der Waals surface area contributed by atoms with Gasteiger partial charge in [0.2, 0.25) is 0 Å². The van der Waals surface area contributed by atoms with E-state index < -0.39 is 20.7 Å². The van der Waals surface area contributed by atoms with Crippen molar-refractivity contribution in [3.8, 4) is 0 Å². The average Bonchev–Trinajstić information content (AvgIpc) is 2.67. The Labute approximate surface area is 204 Å². The molecule has 0 aromatic heterocycles. The van der Waals surface area contributed by atoms with E-state index in [1.807, 2.05) is 27.7 Å². The molecule has 0 fully saturated rings. The Morgan fingerprint density at radius 2 is 0.613 bits per heavy atom. The zero-order valence-electron chi connectivity index (χ0n) is 21.4. The van der Waals surface area contributed by atoms with Gasteiger partial charge in [-0.15, -0.1) is 0 Å². The van der Waals surface area contributed by atoms with Gasteiger partial charge in [-0.1, -0.05) is 27.7 Å². The van der Waals surface area contributed by atoms with Crippen LogP contribution in [0.2, 0.25) is 0 Å². The summed E-state index contributed by atoms with van der Waals surface area (Å²) >= 11 is 7.21. The van der Waals surface area contributed by atoms with Gasteiger partial charge in [0.25, 0.3) is 0 Å². The van der Waals surface area contributed by atoms with Crippen molar-refractivity contribution in [1.29, 1.82) is 0 Å². The molecule has 6 nitrogen and oxygen atoms in total. The van der Waals surface area contributed by atoms with Gasteiger partial charge >= 0.3 is 124 Å². The third-order valence-corrected chi connectivity index (χ3v) is 9.90.